The molecule has 1 saturated heterocycles. The average Bonchev–Trinajstić information content (AvgIpc) is 2.08. The van der Waals surface area contributed by atoms with Crippen LogP contribution in [-0.4, -0.2) is 57.7 Å². The van der Waals surface area contributed by atoms with Crippen LogP contribution in [0, 0.1) is 0 Å². The van der Waals surface area contributed by atoms with E-state index < -0.39 is 37.3 Å². The molecule has 1 fully saturated rings. The Hall–Kier alpha value is 0.0500. The molecule has 1 heterocycles. The predicted molar refractivity (Wildman–Crippen MR) is 45.2 cm³/mol. The lowest BCUT2D eigenvalue weighted by Crippen LogP contribution is -2.61. The first-order chi connectivity index (χ1) is 5.57. The van der Waals surface area contributed by atoms with E-state index in [9.17, 15) is 5.11 Å². The van der Waals surface area contributed by atoms with Gasteiger partial charge in [0.05, 0.1) is 12.6 Å². The van der Waals surface area contributed by atoms with Crippen molar-refractivity contribution in [2.45, 2.75) is 30.6 Å². The highest BCUT2D eigenvalue weighted by Crippen LogP contribution is 2.17. The van der Waals surface area contributed by atoms with Gasteiger partial charge in [-0.05, 0) is 0 Å². The van der Waals surface area contributed by atoms with E-state index >= 15 is 0 Å². The first kappa shape index (κ1) is 13.1. The van der Waals surface area contributed by atoms with Crippen molar-refractivity contribution in [2.75, 3.05) is 6.61 Å². The Kier molecular flexibility index (Phi) is 5.08. The molecule has 5 atom stereocenters. The highest BCUT2D eigenvalue weighted by atomic mass is 35.5. The van der Waals surface area contributed by atoms with Crippen molar-refractivity contribution >= 4 is 12.4 Å². The van der Waals surface area contributed by atoms with Crippen LogP contribution in [-0.2, 0) is 4.74 Å². The second-order valence-electron chi connectivity index (χ2n) is 2.81. The zero-order valence-electron chi connectivity index (χ0n) is 6.78. The first-order valence-corrected chi connectivity index (χ1v) is 3.64. The van der Waals surface area contributed by atoms with E-state index in [2.05, 4.69) is 0 Å². The monoisotopic (exact) mass is 215 g/mol. The highest BCUT2D eigenvalue weighted by Gasteiger charge is 2.41. The summed E-state index contributed by atoms with van der Waals surface area (Å²) in [5.74, 6) is 0. The minimum atomic E-state index is -1.49. The summed E-state index contributed by atoms with van der Waals surface area (Å²) < 4.78 is 4.70. The molecule has 1 rings (SSSR count). The largest absolute Gasteiger partial charge is 0.394 e. The molecule has 0 radical (unpaired) electrons. The maximum atomic E-state index is 9.19. The number of rotatable bonds is 1. The van der Waals surface area contributed by atoms with Crippen LogP contribution in [0.2, 0.25) is 0 Å². The van der Waals surface area contributed by atoms with Crippen molar-refractivity contribution in [3.63, 3.8) is 0 Å². The first-order valence-electron chi connectivity index (χ1n) is 3.64. The molecule has 7 heteroatoms. The van der Waals surface area contributed by atoms with E-state index in [1.807, 2.05) is 0 Å². The smallest absolute Gasteiger partial charge is 0.183 e. The maximum absolute atomic E-state index is 9.19. The van der Waals surface area contributed by atoms with Gasteiger partial charge in [-0.3, -0.25) is 0 Å². The standard InChI is InChI=1S/C6H13NO5.ClH/c7-3-2(1-8)12-6(11)5(10)4(3)9;/h2-6,8-11H,1,7H2;1H/t2-,3-,4+,5-,6?;/m1./s1. The Morgan fingerprint density at radius 2 is 1.69 bits per heavy atom. The molecule has 0 aliphatic carbocycles. The predicted octanol–water partition coefficient (Wildman–Crippen LogP) is -2.83. The average molecular weight is 216 g/mol. The van der Waals surface area contributed by atoms with Crippen molar-refractivity contribution < 1.29 is 25.2 Å². The number of hydrogen-bond donors (Lipinski definition) is 5. The summed E-state index contributed by atoms with van der Waals surface area (Å²) in [6.07, 6.45) is -5.01. The van der Waals surface area contributed by atoms with Crippen LogP contribution >= 0.6 is 12.4 Å². The second kappa shape index (κ2) is 5.06. The normalized spacial score (nSPS) is 45.5. The van der Waals surface area contributed by atoms with E-state index in [-0.39, 0.29) is 12.4 Å². The fourth-order valence-corrected chi connectivity index (χ4v) is 1.13. The van der Waals surface area contributed by atoms with Gasteiger partial charge in [0.15, 0.2) is 6.29 Å². The lowest BCUT2D eigenvalue weighted by atomic mass is 9.98. The van der Waals surface area contributed by atoms with Crippen LogP contribution in [0.5, 0.6) is 0 Å². The molecule has 0 aromatic heterocycles. The van der Waals surface area contributed by atoms with Crippen LogP contribution < -0.4 is 5.73 Å². The molecule has 6 nitrogen and oxygen atoms in total. The Labute approximate surface area is 81.3 Å². The van der Waals surface area contributed by atoms with Gasteiger partial charge in [-0.1, -0.05) is 0 Å². The van der Waals surface area contributed by atoms with E-state index in [4.69, 9.17) is 25.8 Å². The molecule has 13 heavy (non-hydrogen) atoms. The minimum Gasteiger partial charge on any atom is -0.394 e. The maximum Gasteiger partial charge on any atom is 0.183 e. The summed E-state index contributed by atoms with van der Waals surface area (Å²) in [7, 11) is 0. The Balaban J connectivity index is 0.00000144. The zero-order valence-corrected chi connectivity index (χ0v) is 7.59. The van der Waals surface area contributed by atoms with Crippen LogP contribution in [0.25, 0.3) is 0 Å². The van der Waals surface area contributed by atoms with Gasteiger partial charge in [0.25, 0.3) is 0 Å². The third kappa shape index (κ3) is 2.50. The van der Waals surface area contributed by atoms with Gasteiger partial charge in [-0.25, -0.2) is 0 Å². The lowest BCUT2D eigenvalue weighted by Gasteiger charge is -2.38. The zero-order chi connectivity index (χ0) is 9.30. The van der Waals surface area contributed by atoms with Gasteiger partial charge in [0.2, 0.25) is 0 Å². The summed E-state index contributed by atoms with van der Waals surface area (Å²) in [4.78, 5) is 0. The van der Waals surface area contributed by atoms with Gasteiger partial charge < -0.3 is 30.9 Å². The van der Waals surface area contributed by atoms with Crippen molar-refractivity contribution in [1.29, 1.82) is 0 Å². The van der Waals surface area contributed by atoms with Crippen LogP contribution in [0.4, 0.5) is 0 Å². The molecule has 1 unspecified atom stereocenters. The van der Waals surface area contributed by atoms with Crippen LogP contribution in [0.3, 0.4) is 0 Å². The molecule has 0 amide bonds. The van der Waals surface area contributed by atoms with E-state index in [0.717, 1.165) is 0 Å². The van der Waals surface area contributed by atoms with Crippen LogP contribution in [0.15, 0.2) is 0 Å². The summed E-state index contributed by atoms with van der Waals surface area (Å²) in [6.45, 7) is -0.401. The molecule has 1 aliphatic heterocycles. The van der Waals surface area contributed by atoms with Crippen molar-refractivity contribution in [2.24, 2.45) is 5.73 Å². The van der Waals surface area contributed by atoms with Gasteiger partial charge in [-0.15, -0.1) is 12.4 Å². The molecule has 80 valence electrons. The molecule has 1 aliphatic rings. The fraction of sp³-hybridized carbons (Fsp3) is 1.00. The topological polar surface area (TPSA) is 116 Å². The quantitative estimate of drug-likeness (QED) is 0.322. The van der Waals surface area contributed by atoms with Gasteiger partial charge in [0.1, 0.15) is 18.3 Å². The second-order valence-corrected chi connectivity index (χ2v) is 2.81. The third-order valence-electron chi connectivity index (χ3n) is 1.96. The van der Waals surface area contributed by atoms with E-state index in [1.54, 1.807) is 0 Å². The lowest BCUT2D eigenvalue weighted by molar-refractivity contribution is -0.258. The number of aliphatic hydroxyl groups is 4. The molecule has 0 aromatic carbocycles. The highest BCUT2D eigenvalue weighted by molar-refractivity contribution is 5.85. The molecular formula is C6H14ClNO5. The minimum absolute atomic E-state index is 0. The number of aliphatic hydroxyl groups excluding tert-OH is 4. The fourth-order valence-electron chi connectivity index (χ4n) is 1.13. The van der Waals surface area contributed by atoms with E-state index in [0.29, 0.717) is 0 Å². The number of hydrogen-bond acceptors (Lipinski definition) is 6. The molecular weight excluding hydrogens is 202 g/mol. The third-order valence-corrected chi connectivity index (χ3v) is 1.96. The summed E-state index contributed by atoms with van der Waals surface area (Å²) in [5, 5.41) is 35.9. The summed E-state index contributed by atoms with van der Waals surface area (Å²) in [5.41, 5.74) is 5.38. The number of ether oxygens (including phenoxy) is 1. The van der Waals surface area contributed by atoms with Gasteiger partial charge in [-0.2, -0.15) is 0 Å². The van der Waals surface area contributed by atoms with Gasteiger partial charge in [0, 0.05) is 0 Å². The number of nitrogens with two attached hydrogens (primary N) is 1. The van der Waals surface area contributed by atoms with Crippen LogP contribution in [0.1, 0.15) is 0 Å². The Bertz CT molecular complexity index is 155. The Morgan fingerprint density at radius 1 is 1.15 bits per heavy atom. The van der Waals surface area contributed by atoms with Crippen molar-refractivity contribution in [1.82, 2.24) is 0 Å². The molecule has 6 N–H and O–H groups in total. The van der Waals surface area contributed by atoms with Gasteiger partial charge >= 0.3 is 0 Å². The molecule has 0 aromatic rings. The summed E-state index contributed by atoms with van der Waals surface area (Å²) >= 11 is 0. The van der Waals surface area contributed by atoms with Crippen molar-refractivity contribution in [3.05, 3.63) is 0 Å². The Morgan fingerprint density at radius 3 is 2.15 bits per heavy atom. The molecule has 0 bridgehead atoms. The molecule has 0 saturated carbocycles. The number of halogens is 1. The van der Waals surface area contributed by atoms with Crippen molar-refractivity contribution in [3.8, 4) is 0 Å². The summed E-state index contributed by atoms with van der Waals surface area (Å²) in [6, 6.07) is -0.881. The SMILES string of the molecule is Cl.N[C@H]1[C@H](O)[C@@H](O)C(O)O[C@@H]1CO. The molecule has 0 spiro atoms. The van der Waals surface area contributed by atoms with E-state index in [1.165, 1.54) is 0 Å².